The van der Waals surface area contributed by atoms with Gasteiger partial charge in [0, 0.05) is 28.9 Å². The van der Waals surface area contributed by atoms with Gasteiger partial charge in [-0.3, -0.25) is 9.69 Å². The number of hydrogen-bond donors (Lipinski definition) is 0. The average Bonchev–Trinajstić information content (AvgIpc) is 3.44. The number of benzene rings is 2. The lowest BCUT2D eigenvalue weighted by molar-refractivity contribution is -0.124. The molecule has 2 fully saturated rings. The first-order valence-corrected chi connectivity index (χ1v) is 14.3. The van der Waals surface area contributed by atoms with Gasteiger partial charge in [-0.15, -0.1) is 0 Å². The Morgan fingerprint density at radius 3 is 2.59 bits per heavy atom. The van der Waals surface area contributed by atoms with Crippen LogP contribution in [0, 0.1) is 12.8 Å². The third kappa shape index (κ3) is 5.53. The molecule has 0 atom stereocenters. The van der Waals surface area contributed by atoms with Gasteiger partial charge in [0.05, 0.1) is 17.2 Å². The predicted octanol–water partition coefficient (Wildman–Crippen LogP) is 7.42. The van der Waals surface area contributed by atoms with Gasteiger partial charge >= 0.3 is 0 Å². The van der Waals surface area contributed by atoms with E-state index in [1.54, 1.807) is 0 Å². The summed E-state index contributed by atoms with van der Waals surface area (Å²) in [6.45, 7) is 7.00. The van der Waals surface area contributed by atoms with Crippen LogP contribution in [0.3, 0.4) is 0 Å². The lowest BCUT2D eigenvalue weighted by Gasteiger charge is -2.29. The quantitative estimate of drug-likeness (QED) is 0.235. The molecule has 3 aromatic rings. The highest BCUT2D eigenvalue weighted by atomic mass is 32.2. The molecule has 37 heavy (non-hydrogen) atoms. The number of carbonyl (C=O) groups excluding carboxylic acids is 1. The fourth-order valence-corrected chi connectivity index (χ4v) is 6.37. The van der Waals surface area contributed by atoms with Crippen molar-refractivity contribution >= 4 is 40.3 Å². The van der Waals surface area contributed by atoms with E-state index < -0.39 is 0 Å². The standard InChI is InChI=1S/C30H33N3O2S2/c1-20(2)19-35-26-16-10-15-25(21(26)3)28-22(18-32(31-28)23-11-6-4-7-12-23)17-27-29(34)33(30(36)37-27)24-13-8-5-9-14-24/h4,6-7,10-12,15-18,20,24H,5,8-9,13-14,19H2,1-3H3. The van der Waals surface area contributed by atoms with Crippen LogP contribution in [0.4, 0.5) is 0 Å². The highest BCUT2D eigenvalue weighted by Gasteiger charge is 2.37. The molecule has 0 bridgehead atoms. The highest BCUT2D eigenvalue weighted by Crippen LogP contribution is 2.39. The highest BCUT2D eigenvalue weighted by molar-refractivity contribution is 8.26. The third-order valence-corrected chi connectivity index (χ3v) is 8.26. The Kier molecular flexibility index (Phi) is 7.81. The average molecular weight is 532 g/mol. The summed E-state index contributed by atoms with van der Waals surface area (Å²) in [7, 11) is 0. The van der Waals surface area contributed by atoms with Gasteiger partial charge in [0.15, 0.2) is 0 Å². The summed E-state index contributed by atoms with van der Waals surface area (Å²) in [6, 6.07) is 16.3. The summed E-state index contributed by atoms with van der Waals surface area (Å²) in [4.78, 5) is 16.0. The first-order chi connectivity index (χ1) is 17.9. The lowest BCUT2D eigenvalue weighted by atomic mass is 9.94. The van der Waals surface area contributed by atoms with Gasteiger partial charge in [0.2, 0.25) is 0 Å². The fourth-order valence-electron chi connectivity index (χ4n) is 4.97. The number of ether oxygens (including phenoxy) is 1. The van der Waals surface area contributed by atoms with E-state index in [0.29, 0.717) is 21.8 Å². The minimum absolute atomic E-state index is 0.0195. The minimum atomic E-state index is 0.0195. The number of amides is 1. The van der Waals surface area contributed by atoms with Crippen molar-refractivity contribution in [2.75, 3.05) is 6.61 Å². The number of aromatic nitrogens is 2. The maximum atomic E-state index is 13.5. The summed E-state index contributed by atoms with van der Waals surface area (Å²) >= 11 is 7.08. The van der Waals surface area contributed by atoms with Gasteiger partial charge in [0.25, 0.3) is 5.91 Å². The van der Waals surface area contributed by atoms with E-state index in [2.05, 4.69) is 26.8 Å². The van der Waals surface area contributed by atoms with Crippen molar-refractivity contribution in [3.8, 4) is 22.7 Å². The molecule has 192 valence electrons. The Balaban J connectivity index is 1.55. The number of para-hydroxylation sites is 1. The monoisotopic (exact) mass is 531 g/mol. The predicted molar refractivity (Wildman–Crippen MR) is 156 cm³/mol. The van der Waals surface area contributed by atoms with E-state index in [4.69, 9.17) is 22.1 Å². The molecule has 2 aliphatic rings. The molecule has 7 heteroatoms. The molecule has 1 aliphatic heterocycles. The molecule has 1 amide bonds. The van der Waals surface area contributed by atoms with Crippen LogP contribution in [0.5, 0.6) is 5.75 Å². The van der Waals surface area contributed by atoms with Crippen LogP contribution in [0.2, 0.25) is 0 Å². The molecule has 0 radical (unpaired) electrons. The number of nitrogens with zero attached hydrogens (tertiary/aromatic N) is 3. The number of carbonyl (C=O) groups is 1. The number of thiocarbonyl (C=S) groups is 1. The molecule has 0 unspecified atom stereocenters. The van der Waals surface area contributed by atoms with Crippen molar-refractivity contribution in [3.63, 3.8) is 0 Å². The van der Waals surface area contributed by atoms with Crippen LogP contribution in [0.1, 0.15) is 57.1 Å². The van der Waals surface area contributed by atoms with Crippen LogP contribution in [0.15, 0.2) is 59.6 Å². The van der Waals surface area contributed by atoms with E-state index in [1.165, 1.54) is 18.2 Å². The minimum Gasteiger partial charge on any atom is -0.493 e. The molecule has 1 aliphatic carbocycles. The second-order valence-electron chi connectivity index (χ2n) is 10.2. The normalized spacial score (nSPS) is 17.8. The molecule has 1 saturated carbocycles. The van der Waals surface area contributed by atoms with Crippen molar-refractivity contribution in [3.05, 3.63) is 70.8 Å². The van der Waals surface area contributed by atoms with Crippen molar-refractivity contribution in [2.45, 2.75) is 58.9 Å². The third-order valence-electron chi connectivity index (χ3n) is 6.92. The van der Waals surface area contributed by atoms with Gasteiger partial charge in [-0.05, 0) is 50.0 Å². The smallest absolute Gasteiger partial charge is 0.266 e. The van der Waals surface area contributed by atoms with Crippen molar-refractivity contribution in [1.82, 2.24) is 14.7 Å². The van der Waals surface area contributed by atoms with Crippen molar-refractivity contribution in [1.29, 1.82) is 0 Å². The molecular weight excluding hydrogens is 498 g/mol. The largest absolute Gasteiger partial charge is 0.493 e. The van der Waals surface area contributed by atoms with E-state index >= 15 is 0 Å². The van der Waals surface area contributed by atoms with Gasteiger partial charge in [0.1, 0.15) is 15.8 Å². The molecule has 5 nitrogen and oxygen atoms in total. The molecule has 0 N–H and O–H groups in total. The maximum Gasteiger partial charge on any atom is 0.266 e. The summed E-state index contributed by atoms with van der Waals surface area (Å²) < 4.78 is 8.65. The van der Waals surface area contributed by atoms with E-state index in [1.807, 2.05) is 64.3 Å². The lowest BCUT2D eigenvalue weighted by Crippen LogP contribution is -2.39. The van der Waals surface area contributed by atoms with Crippen LogP contribution >= 0.6 is 24.0 Å². The van der Waals surface area contributed by atoms with E-state index in [9.17, 15) is 4.79 Å². The van der Waals surface area contributed by atoms with E-state index in [-0.39, 0.29) is 11.9 Å². The van der Waals surface area contributed by atoms with Crippen LogP contribution in [0.25, 0.3) is 23.0 Å². The number of thioether (sulfide) groups is 1. The zero-order valence-corrected chi connectivity index (χ0v) is 23.3. The molecule has 2 heterocycles. The van der Waals surface area contributed by atoms with E-state index in [0.717, 1.165) is 59.5 Å². The Morgan fingerprint density at radius 1 is 1.11 bits per heavy atom. The second-order valence-corrected chi connectivity index (χ2v) is 11.9. The maximum absolute atomic E-state index is 13.5. The molecule has 1 aromatic heterocycles. The molecule has 5 rings (SSSR count). The van der Waals surface area contributed by atoms with Crippen LogP contribution in [-0.4, -0.2) is 37.6 Å². The van der Waals surface area contributed by atoms with Gasteiger partial charge in [-0.25, -0.2) is 4.68 Å². The molecule has 0 spiro atoms. The molecular formula is C30H33N3O2S2. The molecule has 1 saturated heterocycles. The number of hydrogen-bond acceptors (Lipinski definition) is 5. The Hall–Kier alpha value is -2.90. The molecule has 2 aromatic carbocycles. The summed E-state index contributed by atoms with van der Waals surface area (Å²) in [5, 5.41) is 4.99. The Morgan fingerprint density at radius 2 is 1.86 bits per heavy atom. The number of rotatable bonds is 7. The zero-order chi connectivity index (χ0) is 25.9. The first kappa shape index (κ1) is 25.7. The first-order valence-electron chi connectivity index (χ1n) is 13.1. The van der Waals surface area contributed by atoms with Gasteiger partial charge < -0.3 is 4.74 Å². The van der Waals surface area contributed by atoms with Gasteiger partial charge in [-0.1, -0.05) is 87.4 Å². The summed E-state index contributed by atoms with van der Waals surface area (Å²) in [6.07, 6.45) is 9.57. The topological polar surface area (TPSA) is 47.4 Å². The Labute approximate surface area is 228 Å². The zero-order valence-electron chi connectivity index (χ0n) is 21.6. The summed E-state index contributed by atoms with van der Waals surface area (Å²) in [5.41, 5.74) is 4.69. The van der Waals surface area contributed by atoms with Gasteiger partial charge in [-0.2, -0.15) is 5.10 Å². The SMILES string of the molecule is Cc1c(OCC(C)C)cccc1-c1nn(-c2ccccc2)cc1C=C1SC(=S)N(C2CCCCC2)C1=O. The van der Waals surface area contributed by atoms with Crippen LogP contribution < -0.4 is 4.74 Å². The second kappa shape index (κ2) is 11.2. The van der Waals surface area contributed by atoms with Crippen LogP contribution in [-0.2, 0) is 4.79 Å². The van der Waals surface area contributed by atoms with Crippen molar-refractivity contribution in [2.24, 2.45) is 5.92 Å². The summed E-state index contributed by atoms with van der Waals surface area (Å²) in [5.74, 6) is 1.31. The fraction of sp³-hybridized carbons (Fsp3) is 0.367. The Bertz CT molecular complexity index is 1320. The van der Waals surface area contributed by atoms with Crippen molar-refractivity contribution < 1.29 is 9.53 Å².